The first kappa shape index (κ1) is 9.96. The summed E-state index contributed by atoms with van der Waals surface area (Å²) in [4.78, 5) is 0. The van der Waals surface area contributed by atoms with Gasteiger partial charge in [-0.3, -0.25) is 5.32 Å². The third kappa shape index (κ3) is 3.09. The van der Waals surface area contributed by atoms with E-state index in [1.807, 2.05) is 0 Å². The molecule has 12 heavy (non-hydrogen) atoms. The first-order chi connectivity index (χ1) is 5.62. The summed E-state index contributed by atoms with van der Waals surface area (Å²) in [7, 11) is 0. The fraction of sp³-hybridized carbons (Fsp3) is 1.00. The minimum atomic E-state index is -0.220. The Kier molecular flexibility index (Phi) is 3.50. The molecule has 1 rings (SSSR count). The van der Waals surface area contributed by atoms with Gasteiger partial charge in [0.1, 0.15) is 5.72 Å². The maximum Gasteiger partial charge on any atom is 0.116 e. The Hall–Kier alpha value is -0.120. The molecule has 0 aliphatic carbocycles. The van der Waals surface area contributed by atoms with Gasteiger partial charge in [-0.2, -0.15) is 0 Å². The van der Waals surface area contributed by atoms with Crippen molar-refractivity contribution in [1.82, 2.24) is 5.32 Å². The van der Waals surface area contributed by atoms with E-state index in [1.54, 1.807) is 6.92 Å². The van der Waals surface area contributed by atoms with E-state index in [1.165, 1.54) is 0 Å². The lowest BCUT2D eigenvalue weighted by Gasteiger charge is -2.25. The average molecular weight is 173 g/mol. The van der Waals surface area contributed by atoms with Crippen LogP contribution in [0.15, 0.2) is 0 Å². The van der Waals surface area contributed by atoms with Crippen molar-refractivity contribution in [3.8, 4) is 0 Å². The molecule has 0 spiro atoms. The first-order valence-corrected chi connectivity index (χ1v) is 4.69. The Morgan fingerprint density at radius 2 is 2.42 bits per heavy atom. The Labute approximate surface area is 74.1 Å². The second-order valence-electron chi connectivity index (χ2n) is 3.75. The zero-order chi connectivity index (χ0) is 9.03. The Morgan fingerprint density at radius 1 is 1.67 bits per heavy atom. The van der Waals surface area contributed by atoms with Crippen LogP contribution in [0.4, 0.5) is 0 Å². The summed E-state index contributed by atoms with van der Waals surface area (Å²) < 4.78 is 5.53. The largest absolute Gasteiger partial charge is 0.393 e. The van der Waals surface area contributed by atoms with Crippen LogP contribution in [0, 0.1) is 0 Å². The molecule has 1 aliphatic rings. The van der Waals surface area contributed by atoms with E-state index < -0.39 is 0 Å². The molecule has 1 aliphatic heterocycles. The van der Waals surface area contributed by atoms with E-state index >= 15 is 0 Å². The fourth-order valence-corrected chi connectivity index (χ4v) is 1.46. The predicted octanol–water partition coefficient (Wildman–Crippen LogP) is 0.873. The van der Waals surface area contributed by atoms with Crippen LogP contribution in [0.5, 0.6) is 0 Å². The van der Waals surface area contributed by atoms with E-state index in [0.29, 0.717) is 0 Å². The number of aliphatic hydroxyl groups excluding tert-OH is 1. The zero-order valence-electron chi connectivity index (χ0n) is 7.97. The molecular weight excluding hydrogens is 154 g/mol. The summed E-state index contributed by atoms with van der Waals surface area (Å²) in [6, 6.07) is 0. The lowest BCUT2D eigenvalue weighted by Crippen LogP contribution is -2.42. The molecule has 3 heteroatoms. The molecule has 1 fully saturated rings. The van der Waals surface area contributed by atoms with Crippen molar-refractivity contribution < 1.29 is 9.84 Å². The lowest BCUT2D eigenvalue weighted by molar-refractivity contribution is -0.0104. The smallest absolute Gasteiger partial charge is 0.116 e. The van der Waals surface area contributed by atoms with Gasteiger partial charge >= 0.3 is 0 Å². The summed E-state index contributed by atoms with van der Waals surface area (Å²) in [6.07, 6.45) is 2.78. The molecule has 0 amide bonds. The second kappa shape index (κ2) is 4.21. The van der Waals surface area contributed by atoms with Crippen molar-refractivity contribution >= 4 is 0 Å². The number of hydrogen-bond acceptors (Lipinski definition) is 3. The SMILES string of the molecule is CC(O)CCNC1(C)CCCO1. The summed E-state index contributed by atoms with van der Waals surface area (Å²) in [5, 5.41) is 12.3. The topological polar surface area (TPSA) is 41.5 Å². The highest BCUT2D eigenvalue weighted by atomic mass is 16.5. The predicted molar refractivity (Wildman–Crippen MR) is 47.9 cm³/mol. The van der Waals surface area contributed by atoms with E-state index in [0.717, 1.165) is 32.4 Å². The Morgan fingerprint density at radius 3 is 2.92 bits per heavy atom. The molecule has 0 aromatic heterocycles. The third-order valence-electron chi connectivity index (χ3n) is 2.28. The summed E-state index contributed by atoms with van der Waals surface area (Å²) >= 11 is 0. The number of nitrogens with one attached hydrogen (secondary N) is 1. The molecular formula is C9H19NO2. The van der Waals surface area contributed by atoms with Gasteiger partial charge in [0.15, 0.2) is 0 Å². The maximum atomic E-state index is 9.03. The van der Waals surface area contributed by atoms with Gasteiger partial charge in [-0.05, 0) is 33.1 Å². The van der Waals surface area contributed by atoms with Crippen molar-refractivity contribution in [3.05, 3.63) is 0 Å². The maximum absolute atomic E-state index is 9.03. The van der Waals surface area contributed by atoms with Crippen molar-refractivity contribution in [3.63, 3.8) is 0 Å². The van der Waals surface area contributed by atoms with Crippen LogP contribution in [-0.2, 0) is 4.74 Å². The van der Waals surface area contributed by atoms with Crippen LogP contribution in [0.25, 0.3) is 0 Å². The Bertz CT molecular complexity index is 130. The quantitative estimate of drug-likeness (QED) is 0.663. The zero-order valence-corrected chi connectivity index (χ0v) is 7.97. The highest BCUT2D eigenvalue weighted by molar-refractivity contribution is 4.77. The molecule has 0 aromatic rings. The molecule has 2 atom stereocenters. The standard InChI is InChI=1S/C9H19NO2/c1-8(11)4-6-10-9(2)5-3-7-12-9/h8,10-11H,3-7H2,1-2H3. The molecule has 0 aromatic carbocycles. The monoisotopic (exact) mass is 173 g/mol. The van der Waals surface area contributed by atoms with Crippen LogP contribution < -0.4 is 5.32 Å². The molecule has 0 saturated carbocycles. The molecule has 2 unspecified atom stereocenters. The second-order valence-corrected chi connectivity index (χ2v) is 3.75. The fourth-order valence-electron chi connectivity index (χ4n) is 1.46. The van der Waals surface area contributed by atoms with Gasteiger partial charge in [0.25, 0.3) is 0 Å². The van der Waals surface area contributed by atoms with E-state index in [4.69, 9.17) is 9.84 Å². The van der Waals surface area contributed by atoms with Gasteiger partial charge in [-0.1, -0.05) is 0 Å². The van der Waals surface area contributed by atoms with Crippen LogP contribution in [0.1, 0.15) is 33.1 Å². The highest BCUT2D eigenvalue weighted by Gasteiger charge is 2.28. The van der Waals surface area contributed by atoms with Gasteiger partial charge in [0, 0.05) is 13.2 Å². The van der Waals surface area contributed by atoms with E-state index in [2.05, 4.69) is 12.2 Å². The van der Waals surface area contributed by atoms with Gasteiger partial charge in [0.05, 0.1) is 6.10 Å². The summed E-state index contributed by atoms with van der Waals surface area (Å²) in [6.45, 7) is 5.56. The van der Waals surface area contributed by atoms with Crippen molar-refractivity contribution in [2.24, 2.45) is 0 Å². The van der Waals surface area contributed by atoms with E-state index in [-0.39, 0.29) is 11.8 Å². The number of aliphatic hydroxyl groups is 1. The van der Waals surface area contributed by atoms with Crippen molar-refractivity contribution in [2.45, 2.75) is 44.9 Å². The molecule has 2 N–H and O–H groups in total. The molecule has 1 heterocycles. The van der Waals surface area contributed by atoms with Crippen LogP contribution in [0.3, 0.4) is 0 Å². The van der Waals surface area contributed by atoms with Crippen molar-refractivity contribution in [2.75, 3.05) is 13.2 Å². The average Bonchev–Trinajstić information content (AvgIpc) is 2.35. The van der Waals surface area contributed by atoms with E-state index in [9.17, 15) is 0 Å². The Balaban J connectivity index is 2.13. The number of rotatable bonds is 4. The van der Waals surface area contributed by atoms with Crippen LogP contribution >= 0.6 is 0 Å². The van der Waals surface area contributed by atoms with Gasteiger partial charge < -0.3 is 9.84 Å². The van der Waals surface area contributed by atoms with Gasteiger partial charge in [-0.25, -0.2) is 0 Å². The number of hydrogen-bond donors (Lipinski definition) is 2. The first-order valence-electron chi connectivity index (χ1n) is 4.69. The van der Waals surface area contributed by atoms with Crippen LogP contribution in [0.2, 0.25) is 0 Å². The minimum Gasteiger partial charge on any atom is -0.393 e. The molecule has 72 valence electrons. The lowest BCUT2D eigenvalue weighted by atomic mass is 10.1. The van der Waals surface area contributed by atoms with Gasteiger partial charge in [-0.15, -0.1) is 0 Å². The molecule has 0 bridgehead atoms. The molecule has 1 saturated heterocycles. The normalized spacial score (nSPS) is 32.2. The minimum absolute atomic E-state index is 0.130. The highest BCUT2D eigenvalue weighted by Crippen LogP contribution is 2.21. The van der Waals surface area contributed by atoms with Crippen LogP contribution in [-0.4, -0.2) is 30.1 Å². The summed E-state index contributed by atoms with van der Waals surface area (Å²) in [5.41, 5.74) is -0.130. The summed E-state index contributed by atoms with van der Waals surface area (Å²) in [5.74, 6) is 0. The number of ether oxygens (including phenoxy) is 1. The van der Waals surface area contributed by atoms with Crippen molar-refractivity contribution in [1.29, 1.82) is 0 Å². The molecule has 3 nitrogen and oxygen atoms in total. The third-order valence-corrected chi connectivity index (χ3v) is 2.28. The van der Waals surface area contributed by atoms with Gasteiger partial charge in [0.2, 0.25) is 0 Å². The molecule has 0 radical (unpaired) electrons.